The van der Waals surface area contributed by atoms with Crippen molar-refractivity contribution in [2.75, 3.05) is 0 Å². The van der Waals surface area contributed by atoms with Crippen LogP contribution in [0.1, 0.15) is 52.4 Å². The molecule has 1 nitrogen and oxygen atoms in total. The van der Waals surface area contributed by atoms with Gasteiger partial charge in [0.25, 0.3) is 0 Å². The Labute approximate surface area is 107 Å². The molecule has 4 fully saturated rings. The average molecular weight is 256 g/mol. The van der Waals surface area contributed by atoms with Crippen LogP contribution in [0.2, 0.25) is 9.45 Å². The molecule has 4 saturated carbocycles. The zero-order chi connectivity index (χ0) is 11.2. The van der Waals surface area contributed by atoms with Gasteiger partial charge in [0.05, 0.1) is 0 Å². The van der Waals surface area contributed by atoms with E-state index in [1.807, 2.05) is 0 Å². The van der Waals surface area contributed by atoms with Crippen molar-refractivity contribution in [2.45, 2.75) is 67.4 Å². The summed E-state index contributed by atoms with van der Waals surface area (Å²) in [6.07, 6.45) is 9.35. The standard InChI is InChI=1S/C10H16N.2C2H5.Ti/c11-10-4-7-1-8(5-10)3-9(2-7)6-10;2*1-2;/h7-9,11H,1-6H2;2*1H2,2H3;/q-1;;;+1. The van der Waals surface area contributed by atoms with E-state index in [4.69, 9.17) is 0 Å². The molecule has 0 radical (unpaired) electrons. The summed E-state index contributed by atoms with van der Waals surface area (Å²) >= 11 is -0.875. The van der Waals surface area contributed by atoms with Crippen LogP contribution in [0.5, 0.6) is 0 Å². The zero-order valence-corrected chi connectivity index (χ0v) is 12.5. The van der Waals surface area contributed by atoms with Crippen molar-refractivity contribution in [1.82, 2.24) is 3.80 Å². The fourth-order valence-corrected chi connectivity index (χ4v) is 8.05. The molecule has 4 bridgehead atoms. The summed E-state index contributed by atoms with van der Waals surface area (Å²) in [5.74, 6) is 3.31. The molecule has 4 rings (SSSR count). The third kappa shape index (κ3) is 2.04. The second-order valence-electron chi connectivity index (χ2n) is 6.63. The molecule has 2 heteroatoms. The van der Waals surface area contributed by atoms with E-state index in [1.165, 1.54) is 28.7 Å². The predicted molar refractivity (Wildman–Crippen MR) is 65.0 cm³/mol. The molecule has 0 spiro atoms. The first kappa shape index (κ1) is 11.7. The number of nitrogens with one attached hydrogen (secondary N) is 1. The maximum atomic E-state index is 4.23. The van der Waals surface area contributed by atoms with Gasteiger partial charge < -0.3 is 0 Å². The van der Waals surface area contributed by atoms with Crippen LogP contribution < -0.4 is 3.80 Å². The molecule has 4 aliphatic rings. The predicted octanol–water partition coefficient (Wildman–Crippen LogP) is 3.95. The van der Waals surface area contributed by atoms with Crippen LogP contribution in [0.4, 0.5) is 0 Å². The van der Waals surface area contributed by atoms with E-state index in [0.29, 0.717) is 5.54 Å². The van der Waals surface area contributed by atoms with Gasteiger partial charge in [-0.1, -0.05) is 0 Å². The minimum absolute atomic E-state index is 0.649. The van der Waals surface area contributed by atoms with E-state index in [0.717, 1.165) is 17.8 Å². The summed E-state index contributed by atoms with van der Waals surface area (Å²) in [5, 5.41) is 0. The molecule has 0 aliphatic heterocycles. The summed E-state index contributed by atoms with van der Waals surface area (Å²) in [4.78, 5) is 0. The van der Waals surface area contributed by atoms with Crippen LogP contribution in [0.3, 0.4) is 0 Å². The second kappa shape index (κ2) is 4.41. The van der Waals surface area contributed by atoms with Crippen molar-refractivity contribution >= 4 is 0 Å². The van der Waals surface area contributed by atoms with Gasteiger partial charge in [-0.05, 0) is 0 Å². The number of hydrogen-bond donors (Lipinski definition) is 1. The molecule has 16 heavy (non-hydrogen) atoms. The van der Waals surface area contributed by atoms with Gasteiger partial charge in [0.1, 0.15) is 0 Å². The van der Waals surface area contributed by atoms with E-state index in [2.05, 4.69) is 17.6 Å². The maximum absolute atomic E-state index is 4.23. The van der Waals surface area contributed by atoms with Gasteiger partial charge in [-0.3, -0.25) is 0 Å². The summed E-state index contributed by atoms with van der Waals surface area (Å²) in [6, 6.07) is 0. The summed E-state index contributed by atoms with van der Waals surface area (Å²) in [6.45, 7) is 4.82. The molecule has 91 valence electrons. The van der Waals surface area contributed by atoms with Crippen molar-refractivity contribution in [3.8, 4) is 0 Å². The molecule has 0 atom stereocenters. The van der Waals surface area contributed by atoms with Gasteiger partial charge in [-0.25, -0.2) is 0 Å². The molecule has 0 unspecified atom stereocenters. The molecule has 0 aromatic carbocycles. The average Bonchev–Trinajstić information content (AvgIpc) is 2.24. The summed E-state index contributed by atoms with van der Waals surface area (Å²) in [5.41, 5.74) is 0.649. The molecular weight excluding hydrogens is 230 g/mol. The Kier molecular flexibility index (Phi) is 3.24. The topological polar surface area (TPSA) is 12.0 Å². The van der Waals surface area contributed by atoms with Crippen LogP contribution in [0.15, 0.2) is 0 Å². The number of hydrogen-bond acceptors (Lipinski definition) is 1. The Bertz CT molecular complexity index is 224. The van der Waals surface area contributed by atoms with Crippen LogP contribution >= 0.6 is 0 Å². The number of rotatable bonds is 4. The molecule has 0 aromatic rings. The Morgan fingerprint density at radius 1 is 0.938 bits per heavy atom. The molecule has 4 aliphatic carbocycles. The summed E-state index contributed by atoms with van der Waals surface area (Å²) in [7, 11) is 0. The van der Waals surface area contributed by atoms with Crippen LogP contribution in [-0.4, -0.2) is 5.54 Å². The normalized spacial score (nSPS) is 45.0. The third-order valence-corrected chi connectivity index (χ3v) is 9.38. The Balaban J connectivity index is 1.73. The Morgan fingerprint density at radius 3 is 1.75 bits per heavy atom. The van der Waals surface area contributed by atoms with E-state index in [1.54, 1.807) is 19.3 Å². The second-order valence-corrected chi connectivity index (χ2v) is 11.1. The van der Waals surface area contributed by atoms with E-state index in [9.17, 15) is 0 Å². The van der Waals surface area contributed by atoms with Crippen LogP contribution in [0.25, 0.3) is 0 Å². The van der Waals surface area contributed by atoms with Gasteiger partial charge in [0.15, 0.2) is 0 Å². The summed E-state index contributed by atoms with van der Waals surface area (Å²) < 4.78 is 7.17. The van der Waals surface area contributed by atoms with E-state index < -0.39 is 18.1 Å². The Morgan fingerprint density at radius 2 is 1.38 bits per heavy atom. The van der Waals surface area contributed by atoms with Gasteiger partial charge in [0.2, 0.25) is 0 Å². The fraction of sp³-hybridized carbons (Fsp3) is 1.00. The third-order valence-electron chi connectivity index (χ3n) is 5.33. The van der Waals surface area contributed by atoms with Crippen molar-refractivity contribution in [3.63, 3.8) is 0 Å². The monoisotopic (exact) mass is 256 g/mol. The van der Waals surface area contributed by atoms with Gasteiger partial charge in [-0.2, -0.15) is 0 Å². The molecule has 1 N–H and O–H groups in total. The van der Waals surface area contributed by atoms with Crippen molar-refractivity contribution in [1.29, 1.82) is 0 Å². The van der Waals surface area contributed by atoms with Gasteiger partial charge >= 0.3 is 107 Å². The minimum atomic E-state index is -0.875. The van der Waals surface area contributed by atoms with Gasteiger partial charge in [-0.15, -0.1) is 0 Å². The zero-order valence-electron chi connectivity index (χ0n) is 10.9. The molecule has 0 heterocycles. The quantitative estimate of drug-likeness (QED) is 0.751. The first-order valence-electron chi connectivity index (χ1n) is 7.36. The van der Waals surface area contributed by atoms with Gasteiger partial charge in [0, 0.05) is 0 Å². The van der Waals surface area contributed by atoms with Crippen LogP contribution in [0, 0.1) is 17.8 Å². The van der Waals surface area contributed by atoms with E-state index >= 15 is 0 Å². The van der Waals surface area contributed by atoms with Crippen molar-refractivity contribution < 1.29 is 18.1 Å². The molecular formula is C14H26NTi. The first-order chi connectivity index (χ1) is 7.73. The van der Waals surface area contributed by atoms with E-state index in [-0.39, 0.29) is 0 Å². The Hall–Kier alpha value is 0.674. The van der Waals surface area contributed by atoms with Crippen molar-refractivity contribution in [3.05, 3.63) is 0 Å². The SMILES string of the molecule is C[CH2][Ti]([CH2]C)[NH]C12CC3CC(CC(C3)C1)C2. The van der Waals surface area contributed by atoms with Crippen LogP contribution in [-0.2, 0) is 18.1 Å². The fourth-order valence-electron chi connectivity index (χ4n) is 5.07. The molecule has 0 amide bonds. The van der Waals surface area contributed by atoms with Crippen molar-refractivity contribution in [2.24, 2.45) is 17.8 Å². The molecule has 0 saturated heterocycles. The molecule has 0 aromatic heterocycles. The first-order valence-corrected chi connectivity index (χ1v) is 10.3.